The molecule has 0 aromatic carbocycles. The number of nitrogens with two attached hydrogens (primary N) is 1. The molecule has 1 unspecified atom stereocenters. The van der Waals surface area contributed by atoms with E-state index in [2.05, 4.69) is 4.98 Å². The number of aryl methyl sites for hydroxylation is 1. The number of rotatable bonds is 2. The highest BCUT2D eigenvalue weighted by Gasteiger charge is 2.46. The van der Waals surface area contributed by atoms with Gasteiger partial charge in [0.15, 0.2) is 11.8 Å². The number of hydrogen-bond acceptors (Lipinski definition) is 7. The summed E-state index contributed by atoms with van der Waals surface area (Å²) in [6.45, 7) is 1.63. The fraction of sp³-hybridized carbons (Fsp3) is 0.600. The molecule has 19 heavy (non-hydrogen) atoms. The number of halogens is 1. The van der Waals surface area contributed by atoms with Gasteiger partial charge in [-0.3, -0.25) is 4.57 Å². The van der Waals surface area contributed by atoms with Crippen LogP contribution in [0.2, 0.25) is 0 Å². The van der Waals surface area contributed by atoms with Crippen LogP contribution in [0, 0.1) is 6.92 Å². The highest BCUT2D eigenvalue weighted by atomic mass is 35.5. The van der Waals surface area contributed by atoms with Gasteiger partial charge >= 0.3 is 5.69 Å². The maximum atomic E-state index is 11.7. The van der Waals surface area contributed by atoms with Crippen molar-refractivity contribution >= 4 is 17.4 Å². The van der Waals surface area contributed by atoms with Crippen molar-refractivity contribution < 1.29 is 20.1 Å². The van der Waals surface area contributed by atoms with Crippen molar-refractivity contribution in [1.82, 2.24) is 9.55 Å². The highest BCUT2D eigenvalue weighted by molar-refractivity contribution is 6.19. The summed E-state index contributed by atoms with van der Waals surface area (Å²) in [5, 5.41) is 28.8. The zero-order chi connectivity index (χ0) is 14.3. The minimum Gasteiger partial charge on any atom is -0.387 e. The molecular weight excluding hydrogens is 278 g/mol. The zero-order valence-corrected chi connectivity index (χ0v) is 10.7. The van der Waals surface area contributed by atoms with E-state index in [9.17, 15) is 20.1 Å². The Morgan fingerprint density at radius 1 is 1.53 bits per heavy atom. The number of aliphatic hydroxyl groups is 3. The van der Waals surface area contributed by atoms with E-state index in [1.54, 1.807) is 6.92 Å². The van der Waals surface area contributed by atoms with Crippen LogP contribution in [0.5, 0.6) is 0 Å². The molecule has 1 fully saturated rings. The topological polar surface area (TPSA) is 131 Å². The molecule has 106 valence electrons. The van der Waals surface area contributed by atoms with Crippen LogP contribution in [0.25, 0.3) is 0 Å². The second-order valence-corrected chi connectivity index (χ2v) is 4.79. The van der Waals surface area contributed by atoms with Gasteiger partial charge in [0, 0.05) is 11.8 Å². The number of anilines is 1. The van der Waals surface area contributed by atoms with Crippen LogP contribution in [-0.4, -0.2) is 48.7 Å². The Bertz CT molecular complexity index is 534. The molecule has 5 atom stereocenters. The number of ether oxygens (including phenoxy) is 1. The maximum Gasteiger partial charge on any atom is 0.351 e. The molecule has 9 heteroatoms. The molecule has 0 saturated carbocycles. The molecular formula is C10H14ClN3O5. The van der Waals surface area contributed by atoms with E-state index < -0.39 is 35.8 Å². The van der Waals surface area contributed by atoms with Crippen LogP contribution >= 0.6 is 11.6 Å². The molecule has 8 nitrogen and oxygen atoms in total. The summed E-state index contributed by atoms with van der Waals surface area (Å²) in [7, 11) is 0. The standard InChI is InChI=1S/C10H14ClN3O5/c1-3-2-14(10(18)13-8(3)12)9-5(16)4(15)6(19-9)7(11)17/h2,4-7,9,15-17H,1H3,(H2,12,13,18)/t4-,5+,6-,7?,9+/m0/s1. The van der Waals surface area contributed by atoms with Gasteiger partial charge in [-0.2, -0.15) is 4.98 Å². The Balaban J connectivity index is 2.38. The molecule has 1 aromatic heterocycles. The van der Waals surface area contributed by atoms with Crippen LogP contribution in [0.1, 0.15) is 11.8 Å². The predicted molar refractivity (Wildman–Crippen MR) is 65.4 cm³/mol. The third kappa shape index (κ3) is 2.45. The van der Waals surface area contributed by atoms with E-state index in [0.29, 0.717) is 5.56 Å². The van der Waals surface area contributed by atoms with Crippen molar-refractivity contribution in [3.05, 3.63) is 22.2 Å². The smallest absolute Gasteiger partial charge is 0.351 e. The minimum absolute atomic E-state index is 0.0724. The van der Waals surface area contributed by atoms with Crippen LogP contribution in [-0.2, 0) is 4.74 Å². The summed E-state index contributed by atoms with van der Waals surface area (Å²) >= 11 is 5.43. The van der Waals surface area contributed by atoms with Crippen molar-refractivity contribution in [2.45, 2.75) is 37.0 Å². The Morgan fingerprint density at radius 2 is 2.16 bits per heavy atom. The molecule has 0 spiro atoms. The maximum absolute atomic E-state index is 11.7. The van der Waals surface area contributed by atoms with Crippen molar-refractivity contribution in [2.75, 3.05) is 5.73 Å². The Hall–Kier alpha value is -1.19. The summed E-state index contributed by atoms with van der Waals surface area (Å²) in [4.78, 5) is 15.3. The summed E-state index contributed by atoms with van der Waals surface area (Å²) in [6, 6.07) is 0. The Kier molecular flexibility index (Phi) is 3.79. The first-order valence-electron chi connectivity index (χ1n) is 5.52. The van der Waals surface area contributed by atoms with Gasteiger partial charge in [-0.25, -0.2) is 4.79 Å². The first kappa shape index (κ1) is 14.2. The molecule has 0 amide bonds. The number of nitrogens with zero attached hydrogens (tertiary/aromatic N) is 2. The SMILES string of the molecule is Cc1cn([C@@H]2O[C@H](C(O)Cl)[C@@H](O)[C@H]2O)c(=O)nc1N. The normalized spacial score (nSPS) is 32.5. The first-order chi connectivity index (χ1) is 8.82. The summed E-state index contributed by atoms with van der Waals surface area (Å²) in [6.07, 6.45) is -3.86. The van der Waals surface area contributed by atoms with Crippen molar-refractivity contribution in [3.8, 4) is 0 Å². The van der Waals surface area contributed by atoms with Crippen molar-refractivity contribution in [1.29, 1.82) is 0 Å². The molecule has 1 aliphatic rings. The fourth-order valence-corrected chi connectivity index (χ4v) is 2.11. The van der Waals surface area contributed by atoms with Gasteiger partial charge in [-0.05, 0) is 6.92 Å². The van der Waals surface area contributed by atoms with Gasteiger partial charge in [-0.15, -0.1) is 0 Å². The van der Waals surface area contributed by atoms with E-state index in [4.69, 9.17) is 22.1 Å². The van der Waals surface area contributed by atoms with Crippen LogP contribution in [0.4, 0.5) is 5.82 Å². The minimum atomic E-state index is -1.51. The predicted octanol–water partition coefficient (Wildman–Crippen LogP) is -1.69. The Labute approximate surface area is 113 Å². The van der Waals surface area contributed by atoms with Gasteiger partial charge in [0.25, 0.3) is 0 Å². The van der Waals surface area contributed by atoms with E-state index in [-0.39, 0.29) is 5.82 Å². The van der Waals surface area contributed by atoms with Crippen LogP contribution in [0.3, 0.4) is 0 Å². The molecule has 0 aliphatic carbocycles. The molecule has 0 bridgehead atoms. The second kappa shape index (κ2) is 5.06. The monoisotopic (exact) mass is 291 g/mol. The lowest BCUT2D eigenvalue weighted by atomic mass is 10.1. The summed E-state index contributed by atoms with van der Waals surface area (Å²) < 4.78 is 6.21. The molecule has 1 aromatic rings. The summed E-state index contributed by atoms with van der Waals surface area (Å²) in [5.41, 5.74) is 3.76. The van der Waals surface area contributed by atoms with Crippen molar-refractivity contribution in [2.24, 2.45) is 0 Å². The first-order valence-corrected chi connectivity index (χ1v) is 5.95. The number of aliphatic hydroxyl groups excluding tert-OH is 3. The molecule has 0 radical (unpaired) electrons. The molecule has 5 N–H and O–H groups in total. The number of alkyl halides is 1. The average Bonchev–Trinajstić information content (AvgIpc) is 2.62. The zero-order valence-electron chi connectivity index (χ0n) is 9.97. The van der Waals surface area contributed by atoms with Gasteiger partial charge in [0.05, 0.1) is 0 Å². The number of nitrogen functional groups attached to an aromatic ring is 1. The lowest BCUT2D eigenvalue weighted by Crippen LogP contribution is -2.37. The lowest BCUT2D eigenvalue weighted by Gasteiger charge is -2.18. The molecule has 2 rings (SSSR count). The molecule has 1 saturated heterocycles. The van der Waals surface area contributed by atoms with E-state index >= 15 is 0 Å². The fourth-order valence-electron chi connectivity index (χ4n) is 1.90. The van der Waals surface area contributed by atoms with E-state index in [1.165, 1.54) is 6.20 Å². The third-order valence-electron chi connectivity index (χ3n) is 2.99. The summed E-state index contributed by atoms with van der Waals surface area (Å²) in [5.74, 6) is 0.0724. The highest BCUT2D eigenvalue weighted by Crippen LogP contribution is 2.31. The lowest BCUT2D eigenvalue weighted by molar-refractivity contribution is -0.0646. The van der Waals surface area contributed by atoms with Gasteiger partial charge < -0.3 is 25.8 Å². The van der Waals surface area contributed by atoms with Gasteiger partial charge in [0.2, 0.25) is 0 Å². The quantitative estimate of drug-likeness (QED) is 0.478. The average molecular weight is 292 g/mol. The number of hydrogen-bond donors (Lipinski definition) is 4. The van der Waals surface area contributed by atoms with E-state index in [1.807, 2.05) is 0 Å². The second-order valence-electron chi connectivity index (χ2n) is 4.34. The third-order valence-corrected chi connectivity index (χ3v) is 3.24. The van der Waals surface area contributed by atoms with Gasteiger partial charge in [0.1, 0.15) is 24.1 Å². The number of aromatic nitrogens is 2. The van der Waals surface area contributed by atoms with Crippen LogP contribution < -0.4 is 11.4 Å². The Morgan fingerprint density at radius 3 is 2.68 bits per heavy atom. The van der Waals surface area contributed by atoms with Crippen molar-refractivity contribution in [3.63, 3.8) is 0 Å². The largest absolute Gasteiger partial charge is 0.387 e. The van der Waals surface area contributed by atoms with Crippen LogP contribution in [0.15, 0.2) is 11.0 Å². The molecule has 2 heterocycles. The molecule has 1 aliphatic heterocycles. The van der Waals surface area contributed by atoms with E-state index in [0.717, 1.165) is 4.57 Å². The van der Waals surface area contributed by atoms with Gasteiger partial charge in [-0.1, -0.05) is 11.6 Å².